The molecule has 0 saturated heterocycles. The maximum absolute atomic E-state index is 6.16. The summed E-state index contributed by atoms with van der Waals surface area (Å²) < 4.78 is 5.69. The molecule has 0 spiro atoms. The smallest absolute Gasteiger partial charge is 0.153 e. The van der Waals surface area contributed by atoms with E-state index in [2.05, 4.69) is 10.3 Å². The molecule has 1 atom stereocenters. The second kappa shape index (κ2) is 6.79. The molecule has 120 valence electrons. The third-order valence-electron chi connectivity index (χ3n) is 3.65. The molecule has 3 rings (SSSR count). The van der Waals surface area contributed by atoms with Crippen LogP contribution in [0.1, 0.15) is 18.1 Å². The van der Waals surface area contributed by atoms with Crippen LogP contribution in [0.4, 0.5) is 5.69 Å². The normalized spacial score (nSPS) is 16.5. The molecule has 0 amide bonds. The lowest BCUT2D eigenvalue weighted by molar-refractivity contribution is 0.281. The van der Waals surface area contributed by atoms with E-state index in [-0.39, 0.29) is 6.10 Å². The number of ether oxygens (including phenoxy) is 1. The summed E-state index contributed by atoms with van der Waals surface area (Å²) in [7, 11) is 0. The van der Waals surface area contributed by atoms with Crippen LogP contribution >= 0.6 is 23.2 Å². The van der Waals surface area contributed by atoms with E-state index in [1.807, 2.05) is 37.3 Å². The van der Waals surface area contributed by atoms with Crippen molar-refractivity contribution < 1.29 is 4.74 Å². The first kappa shape index (κ1) is 16.1. The van der Waals surface area contributed by atoms with E-state index in [1.54, 1.807) is 6.07 Å². The topological polar surface area (TPSA) is 59.6 Å². The Labute approximate surface area is 145 Å². The minimum Gasteiger partial charge on any atom is -0.481 e. The van der Waals surface area contributed by atoms with Crippen LogP contribution in [0.25, 0.3) is 0 Å². The highest BCUT2D eigenvalue weighted by atomic mass is 35.5. The van der Waals surface area contributed by atoms with Crippen LogP contribution in [0.15, 0.2) is 41.4 Å². The molecule has 1 aliphatic rings. The Balaban J connectivity index is 1.65. The first-order chi connectivity index (χ1) is 11.0. The number of halogens is 2. The molecule has 1 unspecified atom stereocenters. The zero-order valence-electron chi connectivity index (χ0n) is 12.6. The lowest BCUT2D eigenvalue weighted by Gasteiger charge is -2.21. The third-order valence-corrected chi connectivity index (χ3v) is 4.24. The van der Waals surface area contributed by atoms with E-state index >= 15 is 0 Å². The summed E-state index contributed by atoms with van der Waals surface area (Å²) in [6.45, 7) is 3.23. The summed E-state index contributed by atoms with van der Waals surface area (Å²) >= 11 is 12.1. The number of hydrogen-bond acceptors (Lipinski definition) is 4. The molecule has 23 heavy (non-hydrogen) atoms. The average Bonchev–Trinajstić information content (AvgIpc) is 2.51. The van der Waals surface area contributed by atoms with Gasteiger partial charge in [0.2, 0.25) is 0 Å². The summed E-state index contributed by atoms with van der Waals surface area (Å²) in [5.41, 5.74) is 8.71. The largest absolute Gasteiger partial charge is 0.481 e. The number of nitrogens with zero attached hydrogens (tertiary/aromatic N) is 1. The molecule has 2 aromatic carbocycles. The molecule has 2 aromatic rings. The van der Waals surface area contributed by atoms with Crippen LogP contribution in [0.3, 0.4) is 0 Å². The van der Waals surface area contributed by atoms with Crippen molar-refractivity contribution in [2.75, 3.05) is 0 Å². The standard InChI is InChI=1S/C17H17Cl2N3O/c1-10-17(20)22-15-6-11(2-5-16(15)23-10)8-21-9-12-3-4-13(18)7-14(12)19/h2-7,10,21H,8-9H2,1H3,(H2,20,22). The van der Waals surface area contributed by atoms with Gasteiger partial charge in [0.05, 0.1) is 0 Å². The Hall–Kier alpha value is -1.75. The van der Waals surface area contributed by atoms with Gasteiger partial charge in [-0.3, -0.25) is 0 Å². The van der Waals surface area contributed by atoms with E-state index in [0.717, 1.165) is 22.6 Å². The predicted molar refractivity (Wildman–Crippen MR) is 94.8 cm³/mol. The molecule has 3 N–H and O–H groups in total. The van der Waals surface area contributed by atoms with Gasteiger partial charge in [-0.25, -0.2) is 4.99 Å². The molecule has 6 heteroatoms. The Kier molecular flexibility index (Phi) is 4.76. The van der Waals surface area contributed by atoms with Gasteiger partial charge in [0.15, 0.2) is 6.10 Å². The average molecular weight is 350 g/mol. The maximum atomic E-state index is 6.16. The highest BCUT2D eigenvalue weighted by Crippen LogP contribution is 2.32. The number of benzene rings is 2. The number of aliphatic imine (C=N–C) groups is 1. The van der Waals surface area contributed by atoms with Crippen LogP contribution in [0, 0.1) is 0 Å². The number of rotatable bonds is 4. The molecule has 0 fully saturated rings. The fourth-order valence-electron chi connectivity index (χ4n) is 2.35. The summed E-state index contributed by atoms with van der Waals surface area (Å²) in [6, 6.07) is 11.4. The predicted octanol–water partition coefficient (Wildman–Crippen LogP) is 4.05. The molecule has 4 nitrogen and oxygen atoms in total. The van der Waals surface area contributed by atoms with Gasteiger partial charge in [-0.05, 0) is 42.3 Å². The Morgan fingerprint density at radius 3 is 2.78 bits per heavy atom. The number of amidine groups is 1. The Bertz CT molecular complexity index is 761. The summed E-state index contributed by atoms with van der Waals surface area (Å²) in [6.07, 6.45) is -0.182. The fraction of sp³-hybridized carbons (Fsp3) is 0.235. The second-order valence-corrected chi connectivity index (χ2v) is 6.28. The van der Waals surface area contributed by atoms with E-state index in [9.17, 15) is 0 Å². The molecular formula is C17H17Cl2N3O. The number of nitrogens with one attached hydrogen (secondary N) is 1. The van der Waals surface area contributed by atoms with Crippen molar-refractivity contribution >= 4 is 34.7 Å². The van der Waals surface area contributed by atoms with Crippen molar-refractivity contribution in [3.63, 3.8) is 0 Å². The maximum Gasteiger partial charge on any atom is 0.153 e. The molecule has 1 aliphatic heterocycles. The van der Waals surface area contributed by atoms with E-state index in [1.165, 1.54) is 0 Å². The van der Waals surface area contributed by atoms with Crippen LogP contribution in [-0.2, 0) is 13.1 Å². The fourth-order valence-corrected chi connectivity index (χ4v) is 2.82. The summed E-state index contributed by atoms with van der Waals surface area (Å²) in [4.78, 5) is 4.38. The first-order valence-electron chi connectivity index (χ1n) is 7.31. The van der Waals surface area contributed by atoms with Gasteiger partial charge in [-0.15, -0.1) is 0 Å². The van der Waals surface area contributed by atoms with Gasteiger partial charge in [0, 0.05) is 23.1 Å². The van der Waals surface area contributed by atoms with Crippen LogP contribution in [0.2, 0.25) is 10.0 Å². The van der Waals surface area contributed by atoms with E-state index in [0.29, 0.717) is 29.0 Å². The SMILES string of the molecule is CC1Oc2ccc(CNCc3ccc(Cl)cc3Cl)cc2N=C1N. The zero-order chi connectivity index (χ0) is 16.4. The van der Waals surface area contributed by atoms with Crippen molar-refractivity contribution in [1.29, 1.82) is 0 Å². The molecular weight excluding hydrogens is 333 g/mol. The van der Waals surface area contributed by atoms with Crippen LogP contribution in [0.5, 0.6) is 5.75 Å². The molecule has 0 bridgehead atoms. The van der Waals surface area contributed by atoms with Crippen molar-refractivity contribution in [2.24, 2.45) is 10.7 Å². The van der Waals surface area contributed by atoms with E-state index in [4.69, 9.17) is 33.7 Å². The van der Waals surface area contributed by atoms with Crippen molar-refractivity contribution in [1.82, 2.24) is 5.32 Å². The molecule has 1 heterocycles. The van der Waals surface area contributed by atoms with Gasteiger partial charge in [-0.2, -0.15) is 0 Å². The molecule has 0 aromatic heterocycles. The lowest BCUT2D eigenvalue weighted by atomic mass is 10.1. The quantitative estimate of drug-likeness (QED) is 0.875. The van der Waals surface area contributed by atoms with Gasteiger partial charge in [-0.1, -0.05) is 35.3 Å². The van der Waals surface area contributed by atoms with E-state index < -0.39 is 0 Å². The summed E-state index contributed by atoms with van der Waals surface area (Å²) in [5.74, 6) is 1.26. The Morgan fingerprint density at radius 1 is 1.17 bits per heavy atom. The first-order valence-corrected chi connectivity index (χ1v) is 8.07. The monoisotopic (exact) mass is 349 g/mol. The number of nitrogens with two attached hydrogens (primary N) is 1. The lowest BCUT2D eigenvalue weighted by Crippen LogP contribution is -2.33. The highest BCUT2D eigenvalue weighted by molar-refractivity contribution is 6.35. The number of hydrogen-bond donors (Lipinski definition) is 2. The minimum absolute atomic E-state index is 0.182. The molecule has 0 saturated carbocycles. The van der Waals surface area contributed by atoms with Crippen LogP contribution < -0.4 is 15.8 Å². The van der Waals surface area contributed by atoms with Gasteiger partial charge < -0.3 is 15.8 Å². The minimum atomic E-state index is -0.182. The van der Waals surface area contributed by atoms with Gasteiger partial charge in [0.1, 0.15) is 17.3 Å². The molecule has 0 aliphatic carbocycles. The molecule has 0 radical (unpaired) electrons. The Morgan fingerprint density at radius 2 is 2.00 bits per heavy atom. The van der Waals surface area contributed by atoms with Crippen molar-refractivity contribution in [3.8, 4) is 5.75 Å². The van der Waals surface area contributed by atoms with Crippen molar-refractivity contribution in [3.05, 3.63) is 57.6 Å². The highest BCUT2D eigenvalue weighted by Gasteiger charge is 2.18. The van der Waals surface area contributed by atoms with Crippen molar-refractivity contribution in [2.45, 2.75) is 26.1 Å². The zero-order valence-corrected chi connectivity index (χ0v) is 14.2. The summed E-state index contributed by atoms with van der Waals surface area (Å²) in [5, 5.41) is 4.66. The number of fused-ring (bicyclic) bond motifs is 1. The van der Waals surface area contributed by atoms with Crippen LogP contribution in [-0.4, -0.2) is 11.9 Å². The van der Waals surface area contributed by atoms with Gasteiger partial charge >= 0.3 is 0 Å². The second-order valence-electron chi connectivity index (χ2n) is 5.44. The third kappa shape index (κ3) is 3.78. The van der Waals surface area contributed by atoms with Gasteiger partial charge in [0.25, 0.3) is 0 Å².